The highest BCUT2D eigenvalue weighted by atomic mass is 16.8. The minimum absolute atomic E-state index is 0.194. The van der Waals surface area contributed by atoms with Crippen LogP contribution >= 0.6 is 0 Å². The van der Waals surface area contributed by atoms with Crippen LogP contribution in [0.1, 0.15) is 251 Å². The number of rotatable bonds is 63. The predicted octanol–water partition coefficient (Wildman–Crippen LogP) is 14.6. The van der Waals surface area contributed by atoms with E-state index in [4.69, 9.17) is 28.4 Å². The summed E-state index contributed by atoms with van der Waals surface area (Å²) < 4.78 is 34.4. The third kappa shape index (κ3) is 45.6. The molecular weight excluding hydrogens is 1370 g/mol. The number of hydrogen-bond acceptors (Lipinski definition) is 18. The summed E-state index contributed by atoms with van der Waals surface area (Å²) >= 11 is 0. The zero-order valence-electron chi connectivity index (χ0n) is 65.7. The van der Waals surface area contributed by atoms with E-state index < -0.39 is 124 Å². The van der Waals surface area contributed by atoms with Crippen LogP contribution < -0.4 is 5.32 Å². The van der Waals surface area contributed by atoms with Gasteiger partial charge in [-0.1, -0.05) is 293 Å². The van der Waals surface area contributed by atoms with Gasteiger partial charge in [-0.3, -0.25) is 4.79 Å². The first-order valence-electron chi connectivity index (χ1n) is 41.4. The molecule has 3 saturated heterocycles. The molecule has 0 spiro atoms. The number of hydrogen-bond donors (Lipinski definition) is 12. The molecule has 1 amide bonds. The van der Waals surface area contributed by atoms with Crippen LogP contribution in [0.25, 0.3) is 0 Å². The Balaban J connectivity index is 1.38. The first-order chi connectivity index (χ1) is 52.8. The van der Waals surface area contributed by atoms with Gasteiger partial charge in [0.1, 0.15) is 73.2 Å². The number of ether oxygens (including phenoxy) is 6. The maximum atomic E-state index is 13.5. The minimum Gasteiger partial charge on any atom is -0.394 e. The van der Waals surface area contributed by atoms with Crippen molar-refractivity contribution in [2.45, 2.75) is 356 Å². The summed E-state index contributed by atoms with van der Waals surface area (Å²) in [5.74, 6) is -0.315. The molecule has 3 rings (SSSR count). The standard InChI is InChI=1S/C89H145NO18/c1-3-5-7-9-11-13-15-17-19-21-23-25-27-28-29-30-31-32-33-34-35-36-37-38-39-40-41-42-43-44-45-47-49-51-53-55-57-59-61-63-65-67-77(95)90-72(73(94)66-64-62-60-58-56-54-52-50-48-46-26-24-22-20-18-16-14-12-10-8-6-4-2)71-103-87-83(101)80(98)85(75(69-92)105-87)108-89-84(102)81(99)86(76(70-93)106-89)107-88-82(100)79(97)78(96)74(68-91)104-88/h5,7,11,13,17,19,23,25,28-29,31-32,34-35,37-38,40-41,43-44,47,49,53,55-56,58,64,66,72-76,78-89,91-94,96-102H,3-4,6,8-10,12,14-16,18,20-22,24,26-27,30,33,36,39,42,45-46,48,50-52,54,57,59-63,65,67-71H2,1-2H3,(H,90,95)/b7-5-,13-11-,19-17-,25-23-,29-28-,32-31-,35-34-,38-37-,41-40-,44-43-,49-47-,55-53-,58-56+,66-64+. The molecule has 0 aromatic carbocycles. The molecule has 108 heavy (non-hydrogen) atoms. The van der Waals surface area contributed by atoms with E-state index in [1.807, 2.05) is 6.08 Å². The van der Waals surface area contributed by atoms with Gasteiger partial charge in [0.15, 0.2) is 18.9 Å². The predicted molar refractivity (Wildman–Crippen MR) is 433 cm³/mol. The third-order valence-electron chi connectivity index (χ3n) is 19.2. The first-order valence-corrected chi connectivity index (χ1v) is 41.4. The quantitative estimate of drug-likeness (QED) is 0.0199. The fourth-order valence-electron chi connectivity index (χ4n) is 12.7. The number of carbonyl (C=O) groups excluding carboxylic acids is 1. The number of nitrogens with one attached hydrogen (secondary N) is 1. The second kappa shape index (κ2) is 66.7. The maximum Gasteiger partial charge on any atom is 0.220 e. The van der Waals surface area contributed by atoms with Crippen LogP contribution in [0.15, 0.2) is 170 Å². The van der Waals surface area contributed by atoms with Crippen molar-refractivity contribution in [1.82, 2.24) is 5.32 Å². The summed E-state index contributed by atoms with van der Waals surface area (Å²) in [6, 6.07) is -1.02. The highest BCUT2D eigenvalue weighted by molar-refractivity contribution is 5.76. The van der Waals surface area contributed by atoms with E-state index >= 15 is 0 Å². The van der Waals surface area contributed by atoms with Gasteiger partial charge in [-0.25, -0.2) is 0 Å². The highest BCUT2D eigenvalue weighted by Gasteiger charge is 2.54. The fourth-order valence-corrected chi connectivity index (χ4v) is 12.7. The number of allylic oxidation sites excluding steroid dienone is 27. The normalized spacial score (nSPS) is 26.3. The Morgan fingerprint density at radius 2 is 0.648 bits per heavy atom. The SMILES string of the molecule is CC/C=C\C/C=C\C/C=C\C/C=C\C/C=C\C/C=C\C/C=C\C/C=C\C/C=C\C/C=C\C/C=C\C/C=C\CCCCCCC(=O)NC(COC1OC(CO)C(OC2OC(CO)C(OC3OC(CO)C(O)C(O)C3O)C(O)C2O)C(O)C1O)C(O)/C=C/CC/C=C/CCCCCCCCCCCCCCCCCC. The molecule has 0 aliphatic carbocycles. The molecule has 0 bridgehead atoms. The Morgan fingerprint density at radius 1 is 0.343 bits per heavy atom. The topological polar surface area (TPSA) is 307 Å². The Bertz CT molecular complexity index is 2620. The summed E-state index contributed by atoms with van der Waals surface area (Å²) in [6.07, 6.45) is 73.4. The van der Waals surface area contributed by atoms with Crippen molar-refractivity contribution in [2.24, 2.45) is 0 Å². The zero-order chi connectivity index (χ0) is 78.1. The highest BCUT2D eigenvalue weighted by Crippen LogP contribution is 2.33. The molecular formula is C89H145NO18. The average Bonchev–Trinajstić information content (AvgIpc) is 0.787. The smallest absolute Gasteiger partial charge is 0.220 e. The van der Waals surface area contributed by atoms with Gasteiger partial charge in [0.05, 0.1) is 38.6 Å². The summed E-state index contributed by atoms with van der Waals surface area (Å²) in [7, 11) is 0. The Morgan fingerprint density at radius 3 is 1.04 bits per heavy atom. The van der Waals surface area contributed by atoms with E-state index in [1.165, 1.54) is 96.3 Å². The minimum atomic E-state index is -1.99. The van der Waals surface area contributed by atoms with Gasteiger partial charge in [0.2, 0.25) is 5.91 Å². The van der Waals surface area contributed by atoms with Gasteiger partial charge in [-0.2, -0.15) is 0 Å². The van der Waals surface area contributed by atoms with E-state index in [0.717, 1.165) is 122 Å². The fraction of sp³-hybridized carbons (Fsp3) is 0.674. The van der Waals surface area contributed by atoms with Crippen LogP contribution in [-0.4, -0.2) is 193 Å². The molecule has 3 aliphatic heterocycles. The van der Waals surface area contributed by atoms with Gasteiger partial charge < -0.3 is 89.9 Å². The molecule has 0 aromatic rings. The van der Waals surface area contributed by atoms with Crippen LogP contribution in [0.2, 0.25) is 0 Å². The Kier molecular flexibility index (Phi) is 60.1. The molecule has 17 atom stereocenters. The van der Waals surface area contributed by atoms with Crippen LogP contribution in [0.3, 0.4) is 0 Å². The second-order valence-electron chi connectivity index (χ2n) is 28.5. The molecule has 12 N–H and O–H groups in total. The van der Waals surface area contributed by atoms with Crippen molar-refractivity contribution in [2.75, 3.05) is 26.4 Å². The van der Waals surface area contributed by atoms with Gasteiger partial charge in [-0.05, 0) is 122 Å². The molecule has 3 aliphatic rings. The molecule has 0 aromatic heterocycles. The lowest BCUT2D eigenvalue weighted by Crippen LogP contribution is -2.66. The maximum absolute atomic E-state index is 13.5. The number of amides is 1. The number of aliphatic hydroxyl groups is 11. The van der Waals surface area contributed by atoms with Crippen molar-refractivity contribution in [3.63, 3.8) is 0 Å². The van der Waals surface area contributed by atoms with E-state index in [0.29, 0.717) is 12.8 Å². The van der Waals surface area contributed by atoms with E-state index in [-0.39, 0.29) is 18.9 Å². The lowest BCUT2D eigenvalue weighted by molar-refractivity contribution is -0.379. The summed E-state index contributed by atoms with van der Waals surface area (Å²) in [5.41, 5.74) is 0. The van der Waals surface area contributed by atoms with Crippen molar-refractivity contribution < 1.29 is 89.4 Å². The molecule has 19 heteroatoms. The van der Waals surface area contributed by atoms with Gasteiger partial charge in [0.25, 0.3) is 0 Å². The molecule has 0 radical (unpaired) electrons. The van der Waals surface area contributed by atoms with Crippen LogP contribution in [-0.2, 0) is 33.2 Å². The van der Waals surface area contributed by atoms with Crippen molar-refractivity contribution in [1.29, 1.82) is 0 Å². The average molecular weight is 1520 g/mol. The summed E-state index contributed by atoms with van der Waals surface area (Å²) in [6.45, 7) is 1.58. The first kappa shape index (κ1) is 97.3. The second-order valence-corrected chi connectivity index (χ2v) is 28.5. The van der Waals surface area contributed by atoms with Crippen LogP contribution in [0.5, 0.6) is 0 Å². The monoisotopic (exact) mass is 1520 g/mol. The van der Waals surface area contributed by atoms with Crippen LogP contribution in [0.4, 0.5) is 0 Å². The van der Waals surface area contributed by atoms with Gasteiger partial charge >= 0.3 is 0 Å². The summed E-state index contributed by atoms with van der Waals surface area (Å²) in [4.78, 5) is 13.5. The zero-order valence-corrected chi connectivity index (χ0v) is 65.7. The number of carbonyl (C=O) groups is 1. The Labute approximate surface area is 649 Å². The van der Waals surface area contributed by atoms with Gasteiger partial charge in [0, 0.05) is 6.42 Å². The molecule has 614 valence electrons. The van der Waals surface area contributed by atoms with Crippen LogP contribution in [0, 0.1) is 0 Å². The van der Waals surface area contributed by atoms with Crippen molar-refractivity contribution in [3.05, 3.63) is 170 Å². The molecule has 3 fully saturated rings. The summed E-state index contributed by atoms with van der Waals surface area (Å²) in [5, 5.41) is 121. The van der Waals surface area contributed by atoms with Gasteiger partial charge in [-0.15, -0.1) is 0 Å². The lowest BCUT2D eigenvalue weighted by atomic mass is 9.96. The van der Waals surface area contributed by atoms with Crippen molar-refractivity contribution in [3.8, 4) is 0 Å². The van der Waals surface area contributed by atoms with E-state index in [9.17, 15) is 61.0 Å². The molecule has 19 nitrogen and oxygen atoms in total. The largest absolute Gasteiger partial charge is 0.394 e. The van der Waals surface area contributed by atoms with E-state index in [2.05, 4.69) is 177 Å². The lowest BCUT2D eigenvalue weighted by Gasteiger charge is -2.48. The van der Waals surface area contributed by atoms with E-state index in [1.54, 1.807) is 6.08 Å². The third-order valence-corrected chi connectivity index (χ3v) is 19.2. The molecule has 3 heterocycles. The van der Waals surface area contributed by atoms with Crippen molar-refractivity contribution >= 4 is 5.91 Å². The Hall–Kier alpha value is -4.85. The number of unbranched alkanes of at least 4 members (excludes halogenated alkanes) is 21. The molecule has 17 unspecified atom stereocenters. The molecule has 0 saturated carbocycles. The number of aliphatic hydroxyl groups excluding tert-OH is 11.